The number of nitrogens with zero attached hydrogens (tertiary/aromatic N) is 2. The summed E-state index contributed by atoms with van der Waals surface area (Å²) in [5.41, 5.74) is -0.316. The van der Waals surface area contributed by atoms with Gasteiger partial charge in [0.2, 0.25) is 0 Å². The maximum atomic E-state index is 16.4. The van der Waals surface area contributed by atoms with Gasteiger partial charge in [0.25, 0.3) is 5.91 Å². The van der Waals surface area contributed by atoms with Crippen LogP contribution in [0.5, 0.6) is 0 Å². The van der Waals surface area contributed by atoms with Gasteiger partial charge in [-0.3, -0.25) is 22.9 Å². The summed E-state index contributed by atoms with van der Waals surface area (Å²) in [5.74, 6) is -0.902. The molecule has 1 aliphatic carbocycles. The van der Waals surface area contributed by atoms with Gasteiger partial charge < -0.3 is 9.74 Å². The number of phosphoric acid groups is 1. The highest BCUT2D eigenvalue weighted by Crippen LogP contribution is 2.55. The zero-order chi connectivity index (χ0) is 32.5. The Morgan fingerprint density at radius 1 is 1.09 bits per heavy atom. The van der Waals surface area contributed by atoms with Crippen LogP contribution in [0.2, 0.25) is 18.1 Å². The van der Waals surface area contributed by atoms with Crippen molar-refractivity contribution in [2.24, 2.45) is 5.92 Å². The van der Waals surface area contributed by atoms with E-state index in [1.165, 1.54) is 16.8 Å². The molecule has 0 radical (unpaired) electrons. The lowest BCUT2D eigenvalue weighted by atomic mass is 10.1. The van der Waals surface area contributed by atoms with Gasteiger partial charge in [0.05, 0.1) is 19.3 Å². The number of benzene rings is 1. The number of carbonyl (C=O) groups is 1. The molecule has 0 saturated heterocycles. The number of unbranched alkanes of at least 4 members (excludes halogenated alkanes) is 2. The van der Waals surface area contributed by atoms with Crippen molar-refractivity contribution in [2.45, 2.75) is 103 Å². The van der Waals surface area contributed by atoms with E-state index in [-0.39, 0.29) is 37.1 Å². The lowest BCUT2D eigenvalue weighted by Crippen LogP contribution is -2.43. The fraction of sp³-hybridized carbons (Fsp3) is 0.645. The Morgan fingerprint density at radius 2 is 1.70 bits per heavy atom. The number of alkyl halides is 1. The summed E-state index contributed by atoms with van der Waals surface area (Å²) >= 11 is 0. The number of halogens is 1. The van der Waals surface area contributed by atoms with E-state index in [2.05, 4.69) is 44.2 Å². The number of hydrogen-bond donors (Lipinski definition) is 1. The van der Waals surface area contributed by atoms with Gasteiger partial charge in [0, 0.05) is 24.3 Å². The Kier molecular flexibility index (Phi) is 13.1. The molecule has 1 amide bonds. The van der Waals surface area contributed by atoms with Crippen LogP contribution in [0.15, 0.2) is 47.4 Å². The normalized spacial score (nSPS) is 21.0. The molecule has 0 aliphatic heterocycles. The van der Waals surface area contributed by atoms with Crippen LogP contribution >= 0.6 is 7.82 Å². The molecule has 0 spiro atoms. The van der Waals surface area contributed by atoms with E-state index < -0.39 is 52.0 Å². The fourth-order valence-corrected chi connectivity index (χ4v) is 7.11. The fourth-order valence-electron chi connectivity index (χ4n) is 4.56. The highest BCUT2D eigenvalue weighted by atomic mass is 31.2. The Morgan fingerprint density at radius 3 is 2.25 bits per heavy atom. The van der Waals surface area contributed by atoms with Gasteiger partial charge >= 0.3 is 13.5 Å². The molecule has 10 nitrogen and oxygen atoms in total. The summed E-state index contributed by atoms with van der Waals surface area (Å²) in [6.07, 6.45) is 1.57. The van der Waals surface area contributed by atoms with Crippen LogP contribution in [-0.4, -0.2) is 55.9 Å². The Hall–Kier alpha value is -2.21. The molecule has 1 unspecified atom stereocenters. The molecule has 13 heteroatoms. The van der Waals surface area contributed by atoms with Crippen molar-refractivity contribution in [3.05, 3.63) is 58.6 Å². The molecule has 3 rings (SSSR count). The molecular formula is C31H49FN3O7PSi. The van der Waals surface area contributed by atoms with Crippen molar-refractivity contribution in [3.8, 4) is 0 Å². The first-order chi connectivity index (χ1) is 20.7. The lowest BCUT2D eigenvalue weighted by molar-refractivity contribution is 0.0145. The zero-order valence-electron chi connectivity index (χ0n) is 27.1. The van der Waals surface area contributed by atoms with Crippen molar-refractivity contribution in [3.63, 3.8) is 0 Å². The SMILES string of the molecule is CCCCOP(=O)(OCCCC)OC1[C@@H](CO[Si](C)(C)C(C)(C)C)C[C@@H](n2ccc(NC(=O)c3ccccc3)nc2=O)[C@H]1F. The summed E-state index contributed by atoms with van der Waals surface area (Å²) in [6, 6.07) is 9.03. The number of amides is 1. The van der Waals surface area contributed by atoms with Crippen LogP contribution in [0.1, 0.15) is 83.1 Å². The van der Waals surface area contributed by atoms with Crippen LogP contribution in [0.25, 0.3) is 0 Å². The summed E-state index contributed by atoms with van der Waals surface area (Å²) in [7, 11) is -6.35. The van der Waals surface area contributed by atoms with E-state index in [1.807, 2.05) is 13.8 Å². The molecule has 1 fully saturated rings. The van der Waals surface area contributed by atoms with Crippen molar-refractivity contribution in [2.75, 3.05) is 25.1 Å². The van der Waals surface area contributed by atoms with Gasteiger partial charge in [-0.1, -0.05) is 65.7 Å². The second-order valence-corrected chi connectivity index (χ2v) is 19.2. The molecule has 44 heavy (non-hydrogen) atoms. The quantitative estimate of drug-likeness (QED) is 0.112. The van der Waals surface area contributed by atoms with Gasteiger partial charge in [-0.15, -0.1) is 0 Å². The number of nitrogens with one attached hydrogen (secondary N) is 1. The summed E-state index contributed by atoms with van der Waals surface area (Å²) < 4.78 is 55.0. The van der Waals surface area contributed by atoms with E-state index in [9.17, 15) is 14.2 Å². The van der Waals surface area contributed by atoms with Crippen molar-refractivity contribution in [1.29, 1.82) is 0 Å². The molecule has 1 aliphatic rings. The summed E-state index contributed by atoms with van der Waals surface area (Å²) in [6.45, 7) is 15.0. The first-order valence-corrected chi connectivity index (χ1v) is 19.9. The van der Waals surface area contributed by atoms with Crippen molar-refractivity contribution in [1.82, 2.24) is 9.55 Å². The van der Waals surface area contributed by atoms with E-state index in [4.69, 9.17) is 18.0 Å². The van der Waals surface area contributed by atoms with Crippen LogP contribution in [0, 0.1) is 5.92 Å². The van der Waals surface area contributed by atoms with Gasteiger partial charge in [-0.2, -0.15) is 4.98 Å². The first kappa shape index (κ1) is 36.3. The smallest absolute Gasteiger partial charge is 0.416 e. The monoisotopic (exact) mass is 653 g/mol. The van der Waals surface area contributed by atoms with Crippen molar-refractivity contribution >= 4 is 27.9 Å². The first-order valence-electron chi connectivity index (χ1n) is 15.5. The van der Waals surface area contributed by atoms with Crippen LogP contribution < -0.4 is 11.0 Å². The number of carbonyl (C=O) groups excluding carboxylic acids is 1. The molecule has 246 valence electrons. The van der Waals surface area contributed by atoms with E-state index in [1.54, 1.807) is 30.3 Å². The second-order valence-electron chi connectivity index (χ2n) is 12.8. The van der Waals surface area contributed by atoms with Gasteiger partial charge in [-0.05, 0) is 55.6 Å². The van der Waals surface area contributed by atoms with Crippen LogP contribution in [0.4, 0.5) is 10.2 Å². The van der Waals surface area contributed by atoms with Gasteiger partial charge in [0.1, 0.15) is 18.1 Å². The number of phosphoric ester groups is 1. The average molecular weight is 654 g/mol. The Labute approximate surface area is 261 Å². The Bertz CT molecular complexity index is 1310. The van der Waals surface area contributed by atoms with Crippen LogP contribution in [-0.2, 0) is 22.6 Å². The third-order valence-corrected chi connectivity index (χ3v) is 14.4. The molecule has 1 N–H and O–H groups in total. The maximum Gasteiger partial charge on any atom is 0.475 e. The standard InChI is InChI=1S/C31H49FN3O7PSi/c1-8-10-19-39-43(38,40-20-11-9-2)42-28-24(22-41-44(6,7)31(3,4)5)21-25(27(28)32)35-18-17-26(34-30(35)37)33-29(36)23-15-13-12-14-16-23/h12-18,24-25,27-28H,8-11,19-22H2,1-7H3,(H,33,34,36,37)/t24-,25-,27-,28?/m1/s1. The molecule has 1 saturated carbocycles. The predicted molar refractivity (Wildman–Crippen MR) is 172 cm³/mol. The molecular weight excluding hydrogens is 604 g/mol. The molecule has 1 aromatic carbocycles. The predicted octanol–water partition coefficient (Wildman–Crippen LogP) is 7.54. The third-order valence-electron chi connectivity index (χ3n) is 8.36. The highest BCUT2D eigenvalue weighted by Gasteiger charge is 2.51. The summed E-state index contributed by atoms with van der Waals surface area (Å²) in [4.78, 5) is 29.7. The second kappa shape index (κ2) is 15.9. The lowest BCUT2D eigenvalue weighted by Gasteiger charge is -2.37. The largest absolute Gasteiger partial charge is 0.475 e. The molecule has 2 aromatic rings. The molecule has 0 bridgehead atoms. The van der Waals surface area contributed by atoms with Crippen molar-refractivity contribution < 1.29 is 31.7 Å². The minimum absolute atomic E-state index is 0.0530. The average Bonchev–Trinajstić information content (AvgIpc) is 3.26. The van der Waals surface area contributed by atoms with Gasteiger partial charge in [-0.25, -0.2) is 13.8 Å². The summed E-state index contributed by atoms with van der Waals surface area (Å²) in [5, 5.41) is 2.52. The Balaban J connectivity index is 1.87. The number of hydrogen-bond acceptors (Lipinski definition) is 8. The maximum absolute atomic E-state index is 16.4. The molecule has 1 heterocycles. The van der Waals surface area contributed by atoms with E-state index in [0.717, 1.165) is 12.8 Å². The number of anilines is 1. The van der Waals surface area contributed by atoms with E-state index in [0.29, 0.717) is 18.4 Å². The van der Waals surface area contributed by atoms with E-state index >= 15 is 4.39 Å². The highest BCUT2D eigenvalue weighted by molar-refractivity contribution is 7.48. The van der Waals surface area contributed by atoms with Gasteiger partial charge in [0.15, 0.2) is 8.32 Å². The van der Waals surface area contributed by atoms with Crippen LogP contribution in [0.3, 0.4) is 0 Å². The molecule has 4 atom stereocenters. The zero-order valence-corrected chi connectivity index (χ0v) is 29.0. The topological polar surface area (TPSA) is 118 Å². The minimum Gasteiger partial charge on any atom is -0.416 e. The number of aromatic nitrogens is 2. The minimum atomic E-state index is -4.12. The molecule has 1 aromatic heterocycles. The third kappa shape index (κ3) is 9.64. The number of rotatable bonds is 16.